The number of aromatic nitrogens is 2. The van der Waals surface area contributed by atoms with Crippen molar-refractivity contribution in [1.82, 2.24) is 14.9 Å². The highest BCUT2D eigenvalue weighted by atomic mass is 19.4. The molecule has 140 valence electrons. The number of alkyl halides is 3. The molecule has 0 amide bonds. The van der Waals surface area contributed by atoms with Crippen molar-refractivity contribution in [2.45, 2.75) is 25.7 Å². The van der Waals surface area contributed by atoms with E-state index in [1.807, 2.05) is 18.2 Å². The van der Waals surface area contributed by atoms with Crippen LogP contribution in [0.4, 0.5) is 18.9 Å². The van der Waals surface area contributed by atoms with Gasteiger partial charge in [0.05, 0.1) is 24.7 Å². The van der Waals surface area contributed by atoms with Crippen LogP contribution in [0.15, 0.2) is 36.5 Å². The largest absolute Gasteiger partial charge is 0.481 e. The van der Waals surface area contributed by atoms with Gasteiger partial charge in [-0.15, -0.1) is 0 Å². The van der Waals surface area contributed by atoms with Gasteiger partial charge in [0.25, 0.3) is 0 Å². The molecule has 2 aromatic heterocycles. The Bertz CT molecular complexity index is 736. The summed E-state index contributed by atoms with van der Waals surface area (Å²) in [5, 5.41) is 0. The number of hydrogen-bond acceptors (Lipinski definition) is 5. The van der Waals surface area contributed by atoms with E-state index in [4.69, 9.17) is 4.74 Å². The van der Waals surface area contributed by atoms with E-state index in [1.54, 1.807) is 7.11 Å². The summed E-state index contributed by atoms with van der Waals surface area (Å²) in [7, 11) is 1.59. The quantitative estimate of drug-likeness (QED) is 0.831. The van der Waals surface area contributed by atoms with E-state index < -0.39 is 11.9 Å². The van der Waals surface area contributed by atoms with Crippen molar-refractivity contribution in [2.24, 2.45) is 0 Å². The number of halogens is 3. The van der Waals surface area contributed by atoms with Crippen LogP contribution in [0, 0.1) is 0 Å². The minimum Gasteiger partial charge on any atom is -0.481 e. The summed E-state index contributed by atoms with van der Waals surface area (Å²) in [5.74, 6) is 0.588. The van der Waals surface area contributed by atoms with Crippen LogP contribution in [-0.2, 0) is 12.7 Å². The van der Waals surface area contributed by atoms with Crippen LogP contribution >= 0.6 is 0 Å². The standard InChI is InChI=1S/C18H21F3N4O/c1-13-11-25(15-6-7-16(22-10-15)18(19,20)21)9-8-24(13)12-14-4-3-5-17(23-14)26-2/h3-7,10,13H,8-9,11-12H2,1-2H3. The van der Waals surface area contributed by atoms with Crippen molar-refractivity contribution in [3.8, 4) is 5.88 Å². The van der Waals surface area contributed by atoms with Gasteiger partial charge >= 0.3 is 6.18 Å². The van der Waals surface area contributed by atoms with Crippen LogP contribution in [0.1, 0.15) is 18.3 Å². The first-order valence-corrected chi connectivity index (χ1v) is 8.39. The van der Waals surface area contributed by atoms with E-state index in [9.17, 15) is 13.2 Å². The molecule has 3 heterocycles. The number of methoxy groups -OCH3 is 1. The van der Waals surface area contributed by atoms with Crippen molar-refractivity contribution in [3.63, 3.8) is 0 Å². The first-order chi connectivity index (χ1) is 12.4. The fraction of sp³-hybridized carbons (Fsp3) is 0.444. The molecular formula is C18H21F3N4O. The van der Waals surface area contributed by atoms with Crippen LogP contribution in [0.25, 0.3) is 0 Å². The molecule has 1 atom stereocenters. The lowest BCUT2D eigenvalue weighted by Crippen LogP contribution is -2.51. The van der Waals surface area contributed by atoms with E-state index in [1.165, 1.54) is 12.3 Å². The predicted molar refractivity (Wildman–Crippen MR) is 92.1 cm³/mol. The number of anilines is 1. The molecular weight excluding hydrogens is 345 g/mol. The zero-order valence-corrected chi connectivity index (χ0v) is 14.7. The van der Waals surface area contributed by atoms with Crippen LogP contribution in [-0.4, -0.2) is 47.7 Å². The number of pyridine rings is 2. The van der Waals surface area contributed by atoms with E-state index >= 15 is 0 Å². The highest BCUT2D eigenvalue weighted by Crippen LogP contribution is 2.29. The third kappa shape index (κ3) is 4.24. The Hall–Kier alpha value is -2.35. The third-order valence-electron chi connectivity index (χ3n) is 4.52. The Morgan fingerprint density at radius 3 is 2.62 bits per heavy atom. The summed E-state index contributed by atoms with van der Waals surface area (Å²) in [6.45, 7) is 5.04. The average Bonchev–Trinajstić information content (AvgIpc) is 2.63. The van der Waals surface area contributed by atoms with Crippen molar-refractivity contribution < 1.29 is 17.9 Å². The van der Waals surface area contributed by atoms with Crippen molar-refractivity contribution in [3.05, 3.63) is 47.9 Å². The lowest BCUT2D eigenvalue weighted by molar-refractivity contribution is -0.141. The van der Waals surface area contributed by atoms with E-state index in [0.29, 0.717) is 18.1 Å². The smallest absolute Gasteiger partial charge is 0.433 e. The zero-order valence-electron chi connectivity index (χ0n) is 14.7. The van der Waals surface area contributed by atoms with Crippen LogP contribution in [0.2, 0.25) is 0 Å². The minimum atomic E-state index is -4.41. The molecule has 0 saturated carbocycles. The Balaban J connectivity index is 1.62. The van der Waals surface area contributed by atoms with Gasteiger partial charge in [0.1, 0.15) is 5.69 Å². The second-order valence-corrected chi connectivity index (χ2v) is 6.34. The van der Waals surface area contributed by atoms with Gasteiger partial charge in [-0.1, -0.05) is 6.07 Å². The highest BCUT2D eigenvalue weighted by molar-refractivity contribution is 5.45. The Morgan fingerprint density at radius 1 is 1.19 bits per heavy atom. The Labute approximate surface area is 150 Å². The fourth-order valence-corrected chi connectivity index (χ4v) is 3.07. The molecule has 1 aliphatic rings. The predicted octanol–water partition coefficient (Wildman–Crippen LogP) is 3.21. The maximum atomic E-state index is 12.6. The molecule has 26 heavy (non-hydrogen) atoms. The lowest BCUT2D eigenvalue weighted by Gasteiger charge is -2.40. The minimum absolute atomic E-state index is 0.235. The van der Waals surface area contributed by atoms with Gasteiger partial charge in [-0.2, -0.15) is 13.2 Å². The second kappa shape index (κ2) is 7.49. The summed E-state index contributed by atoms with van der Waals surface area (Å²) in [6.07, 6.45) is -3.11. The maximum Gasteiger partial charge on any atom is 0.433 e. The molecule has 0 aromatic carbocycles. The molecule has 5 nitrogen and oxygen atoms in total. The topological polar surface area (TPSA) is 41.5 Å². The molecule has 1 unspecified atom stereocenters. The lowest BCUT2D eigenvalue weighted by atomic mass is 10.1. The van der Waals surface area contributed by atoms with Gasteiger partial charge in [-0.3, -0.25) is 4.90 Å². The monoisotopic (exact) mass is 366 g/mol. The molecule has 1 saturated heterocycles. The summed E-state index contributed by atoms with van der Waals surface area (Å²) in [6, 6.07) is 8.44. The molecule has 0 spiro atoms. The third-order valence-corrected chi connectivity index (χ3v) is 4.52. The van der Waals surface area contributed by atoms with Gasteiger partial charge in [0.2, 0.25) is 5.88 Å². The van der Waals surface area contributed by atoms with E-state index in [-0.39, 0.29) is 6.04 Å². The van der Waals surface area contributed by atoms with Crippen LogP contribution in [0.5, 0.6) is 5.88 Å². The molecule has 0 radical (unpaired) electrons. The molecule has 0 bridgehead atoms. The number of ether oxygens (including phenoxy) is 1. The molecule has 8 heteroatoms. The van der Waals surface area contributed by atoms with Gasteiger partial charge < -0.3 is 9.64 Å². The Kier molecular flexibility index (Phi) is 5.31. The van der Waals surface area contributed by atoms with Crippen LogP contribution < -0.4 is 9.64 Å². The summed E-state index contributed by atoms with van der Waals surface area (Å²) >= 11 is 0. The van der Waals surface area contributed by atoms with E-state index in [0.717, 1.165) is 31.4 Å². The highest BCUT2D eigenvalue weighted by Gasteiger charge is 2.32. The first-order valence-electron chi connectivity index (χ1n) is 8.39. The molecule has 0 aliphatic carbocycles. The molecule has 3 rings (SSSR count). The molecule has 1 aliphatic heterocycles. The van der Waals surface area contributed by atoms with Crippen molar-refractivity contribution in [2.75, 3.05) is 31.6 Å². The van der Waals surface area contributed by atoms with Gasteiger partial charge in [0, 0.05) is 38.3 Å². The number of nitrogens with zero attached hydrogens (tertiary/aromatic N) is 4. The van der Waals surface area contributed by atoms with Gasteiger partial charge in [-0.25, -0.2) is 9.97 Å². The normalized spacial score (nSPS) is 18.8. The summed E-state index contributed by atoms with van der Waals surface area (Å²) in [5.41, 5.74) is 0.780. The number of hydrogen-bond donors (Lipinski definition) is 0. The van der Waals surface area contributed by atoms with Crippen LogP contribution in [0.3, 0.4) is 0 Å². The van der Waals surface area contributed by atoms with Crippen molar-refractivity contribution >= 4 is 5.69 Å². The SMILES string of the molecule is COc1cccc(CN2CCN(c3ccc(C(F)(F)F)nc3)CC2C)n1. The maximum absolute atomic E-state index is 12.6. The van der Waals surface area contributed by atoms with Gasteiger partial charge in [0.15, 0.2) is 0 Å². The molecule has 2 aromatic rings. The fourth-order valence-electron chi connectivity index (χ4n) is 3.07. The first kappa shape index (κ1) is 18.4. The summed E-state index contributed by atoms with van der Waals surface area (Å²) in [4.78, 5) is 12.4. The Morgan fingerprint density at radius 2 is 2.00 bits per heavy atom. The van der Waals surface area contributed by atoms with E-state index in [2.05, 4.69) is 26.7 Å². The second-order valence-electron chi connectivity index (χ2n) is 6.34. The number of piperazine rings is 1. The van der Waals surface area contributed by atoms with Crippen molar-refractivity contribution in [1.29, 1.82) is 0 Å². The molecule has 0 N–H and O–H groups in total. The molecule has 1 fully saturated rings. The zero-order chi connectivity index (χ0) is 18.7. The van der Waals surface area contributed by atoms with Gasteiger partial charge in [-0.05, 0) is 25.1 Å². The summed E-state index contributed by atoms with van der Waals surface area (Å²) < 4.78 is 43.1. The number of rotatable bonds is 4. The average molecular weight is 366 g/mol.